The van der Waals surface area contributed by atoms with Crippen LogP contribution >= 0.6 is 24.0 Å². The molecule has 24 heavy (non-hydrogen) atoms. The number of hydrogen-bond donors (Lipinski definition) is 1. The highest BCUT2D eigenvalue weighted by Crippen LogP contribution is 2.36. The molecule has 1 aliphatic heterocycles. The average molecular weight is 353 g/mol. The van der Waals surface area contributed by atoms with Crippen LogP contribution in [0.2, 0.25) is 0 Å². The third-order valence-corrected chi connectivity index (χ3v) is 4.88. The van der Waals surface area contributed by atoms with Crippen LogP contribution in [0.5, 0.6) is 5.75 Å². The summed E-state index contributed by atoms with van der Waals surface area (Å²) in [5.41, 5.74) is 2.39. The van der Waals surface area contributed by atoms with Crippen molar-refractivity contribution in [3.8, 4) is 5.75 Å². The van der Waals surface area contributed by atoms with Gasteiger partial charge in [-0.3, -0.25) is 9.69 Å². The first-order valence-corrected chi connectivity index (χ1v) is 8.58. The van der Waals surface area contributed by atoms with E-state index in [2.05, 4.69) is 6.58 Å². The van der Waals surface area contributed by atoms with Gasteiger partial charge in [0.25, 0.3) is 5.91 Å². The van der Waals surface area contributed by atoms with Crippen molar-refractivity contribution in [2.45, 2.75) is 6.42 Å². The van der Waals surface area contributed by atoms with Gasteiger partial charge in [-0.05, 0) is 47.9 Å². The quantitative estimate of drug-likeness (QED) is 0.498. The molecule has 2 aromatic rings. The molecule has 2 aromatic carbocycles. The second kappa shape index (κ2) is 7.03. The molecule has 3 rings (SSSR count). The van der Waals surface area contributed by atoms with Crippen molar-refractivity contribution in [1.29, 1.82) is 0 Å². The fraction of sp³-hybridized carbons (Fsp3) is 0.0526. The predicted molar refractivity (Wildman–Crippen MR) is 104 cm³/mol. The fourth-order valence-corrected chi connectivity index (χ4v) is 3.73. The normalized spacial score (nSPS) is 16.0. The molecule has 120 valence electrons. The molecule has 0 radical (unpaired) electrons. The first-order chi connectivity index (χ1) is 11.6. The number of carbonyl (C=O) groups is 1. The minimum atomic E-state index is -0.130. The second-order valence-corrected chi connectivity index (χ2v) is 6.91. The molecule has 3 nitrogen and oxygen atoms in total. The highest BCUT2D eigenvalue weighted by molar-refractivity contribution is 8.27. The van der Waals surface area contributed by atoms with Crippen LogP contribution in [0.4, 0.5) is 5.69 Å². The monoisotopic (exact) mass is 353 g/mol. The lowest BCUT2D eigenvalue weighted by Gasteiger charge is -2.13. The Balaban J connectivity index is 1.92. The number of allylic oxidation sites excluding steroid dienone is 1. The molecular weight excluding hydrogens is 338 g/mol. The van der Waals surface area contributed by atoms with Gasteiger partial charge in [0.1, 0.15) is 5.75 Å². The fourth-order valence-electron chi connectivity index (χ4n) is 2.43. The molecule has 0 spiro atoms. The number of nitrogens with zero attached hydrogens (tertiary/aromatic N) is 1. The van der Waals surface area contributed by atoms with Crippen molar-refractivity contribution in [2.24, 2.45) is 0 Å². The maximum Gasteiger partial charge on any atom is 0.270 e. The third kappa shape index (κ3) is 3.27. The summed E-state index contributed by atoms with van der Waals surface area (Å²) in [6.07, 6.45) is 4.10. The van der Waals surface area contributed by atoms with Crippen molar-refractivity contribution in [3.63, 3.8) is 0 Å². The molecule has 0 aliphatic carbocycles. The average Bonchev–Trinajstić information content (AvgIpc) is 2.85. The summed E-state index contributed by atoms with van der Waals surface area (Å²) in [6, 6.07) is 14.6. The van der Waals surface area contributed by atoms with Crippen LogP contribution in [-0.4, -0.2) is 15.3 Å². The van der Waals surface area contributed by atoms with Gasteiger partial charge in [-0.2, -0.15) is 0 Å². The van der Waals surface area contributed by atoms with Crippen LogP contribution in [0.1, 0.15) is 11.1 Å². The van der Waals surface area contributed by atoms with E-state index in [0.717, 1.165) is 16.8 Å². The molecule has 0 unspecified atom stereocenters. The van der Waals surface area contributed by atoms with Gasteiger partial charge < -0.3 is 5.11 Å². The van der Waals surface area contributed by atoms with E-state index in [1.54, 1.807) is 24.3 Å². The lowest BCUT2D eigenvalue weighted by Crippen LogP contribution is -2.27. The van der Waals surface area contributed by atoms with Gasteiger partial charge in [0.05, 0.1) is 10.6 Å². The highest BCUT2D eigenvalue weighted by atomic mass is 32.2. The van der Waals surface area contributed by atoms with E-state index in [-0.39, 0.29) is 11.7 Å². The summed E-state index contributed by atoms with van der Waals surface area (Å²) in [6.45, 7) is 3.69. The molecule has 1 fully saturated rings. The van der Waals surface area contributed by atoms with E-state index in [4.69, 9.17) is 12.2 Å². The van der Waals surface area contributed by atoms with Gasteiger partial charge in [-0.15, -0.1) is 6.58 Å². The zero-order valence-corrected chi connectivity index (χ0v) is 14.4. The summed E-state index contributed by atoms with van der Waals surface area (Å²) in [5, 5.41) is 9.84. The number of benzene rings is 2. The summed E-state index contributed by atoms with van der Waals surface area (Å²) >= 11 is 6.64. The molecule has 0 atom stereocenters. The SMILES string of the molecule is C=CCc1cc(/C=C2/SC(=S)N(c3ccccc3)C2=O)ccc1O. The topological polar surface area (TPSA) is 40.5 Å². The molecule has 1 N–H and O–H groups in total. The standard InChI is InChI=1S/C19H15NO2S2/c1-2-6-14-11-13(9-10-16(14)21)12-17-18(22)20(19(23)24-17)15-7-4-3-5-8-15/h2-5,7-12,21H,1,6H2/b17-12+. The summed E-state index contributed by atoms with van der Waals surface area (Å²) in [7, 11) is 0. The van der Waals surface area contributed by atoms with Crippen molar-refractivity contribution < 1.29 is 9.90 Å². The van der Waals surface area contributed by atoms with Crippen molar-refractivity contribution in [3.05, 3.63) is 77.2 Å². The van der Waals surface area contributed by atoms with E-state index in [1.807, 2.05) is 36.4 Å². The maximum atomic E-state index is 12.7. The first kappa shape index (κ1) is 16.5. The molecule has 0 saturated carbocycles. The Labute approximate surface area is 150 Å². The molecule has 1 aliphatic rings. The number of carbonyl (C=O) groups excluding carboxylic acids is 1. The van der Waals surface area contributed by atoms with Crippen LogP contribution in [-0.2, 0) is 11.2 Å². The Morgan fingerprint density at radius 1 is 1.21 bits per heavy atom. The van der Waals surface area contributed by atoms with E-state index < -0.39 is 0 Å². The Morgan fingerprint density at radius 3 is 2.67 bits per heavy atom. The van der Waals surface area contributed by atoms with E-state index in [9.17, 15) is 9.90 Å². The minimum Gasteiger partial charge on any atom is -0.508 e. The summed E-state index contributed by atoms with van der Waals surface area (Å²) < 4.78 is 0.516. The number of phenolic OH excluding ortho intramolecular Hbond substituents is 1. The number of amides is 1. The molecule has 5 heteroatoms. The van der Waals surface area contributed by atoms with Gasteiger partial charge in [-0.25, -0.2) is 0 Å². The van der Waals surface area contributed by atoms with Crippen molar-refractivity contribution in [1.82, 2.24) is 0 Å². The molecule has 0 aromatic heterocycles. The largest absolute Gasteiger partial charge is 0.508 e. The van der Waals surface area contributed by atoms with E-state index in [0.29, 0.717) is 15.6 Å². The lowest BCUT2D eigenvalue weighted by molar-refractivity contribution is -0.113. The number of rotatable bonds is 4. The zero-order chi connectivity index (χ0) is 17.1. The number of anilines is 1. The second-order valence-electron chi connectivity index (χ2n) is 5.23. The van der Waals surface area contributed by atoms with Crippen molar-refractivity contribution in [2.75, 3.05) is 4.90 Å². The summed E-state index contributed by atoms with van der Waals surface area (Å²) in [4.78, 5) is 14.8. The zero-order valence-electron chi connectivity index (χ0n) is 12.8. The molecular formula is C19H15NO2S2. The van der Waals surface area contributed by atoms with Crippen LogP contribution in [0.25, 0.3) is 6.08 Å². The number of thioether (sulfide) groups is 1. The third-order valence-electron chi connectivity index (χ3n) is 3.57. The number of phenols is 1. The van der Waals surface area contributed by atoms with Crippen LogP contribution < -0.4 is 4.90 Å². The molecule has 1 amide bonds. The van der Waals surface area contributed by atoms with E-state index >= 15 is 0 Å². The smallest absolute Gasteiger partial charge is 0.270 e. The van der Waals surface area contributed by atoms with Gasteiger partial charge in [0, 0.05) is 0 Å². The number of para-hydroxylation sites is 1. The highest BCUT2D eigenvalue weighted by Gasteiger charge is 2.33. The lowest BCUT2D eigenvalue weighted by atomic mass is 10.1. The molecule has 1 saturated heterocycles. The number of thiocarbonyl (C=S) groups is 1. The Kier molecular flexibility index (Phi) is 4.83. The van der Waals surface area contributed by atoms with Gasteiger partial charge in [0.15, 0.2) is 4.32 Å². The Morgan fingerprint density at radius 2 is 1.96 bits per heavy atom. The Bertz CT molecular complexity index is 844. The minimum absolute atomic E-state index is 0.130. The van der Waals surface area contributed by atoms with Gasteiger partial charge in [0.2, 0.25) is 0 Å². The first-order valence-electron chi connectivity index (χ1n) is 7.36. The molecule has 1 heterocycles. The number of hydrogen-bond acceptors (Lipinski definition) is 4. The van der Waals surface area contributed by atoms with Gasteiger partial charge >= 0.3 is 0 Å². The maximum absolute atomic E-state index is 12.7. The number of aromatic hydroxyl groups is 1. The molecule has 0 bridgehead atoms. The van der Waals surface area contributed by atoms with Crippen LogP contribution in [0, 0.1) is 0 Å². The van der Waals surface area contributed by atoms with Gasteiger partial charge in [-0.1, -0.05) is 54.3 Å². The van der Waals surface area contributed by atoms with Crippen molar-refractivity contribution >= 4 is 46.0 Å². The van der Waals surface area contributed by atoms with E-state index in [1.165, 1.54) is 16.7 Å². The predicted octanol–water partition coefficient (Wildman–Crippen LogP) is 4.53. The Hall–Kier alpha value is -2.37. The van der Waals surface area contributed by atoms with Crippen LogP contribution in [0.15, 0.2) is 66.1 Å². The van der Waals surface area contributed by atoms with Crippen LogP contribution in [0.3, 0.4) is 0 Å². The summed E-state index contributed by atoms with van der Waals surface area (Å²) in [5.74, 6) is 0.0958.